The Kier molecular flexibility index (Phi) is 4.39. The Morgan fingerprint density at radius 1 is 1.21 bits per heavy atom. The second-order valence-corrected chi connectivity index (χ2v) is 6.97. The number of halogens is 4. The summed E-state index contributed by atoms with van der Waals surface area (Å²) in [5, 5.41) is 11.0. The number of furan rings is 1. The van der Waals surface area contributed by atoms with E-state index in [4.69, 9.17) is 21.4 Å². The number of alkyl halides is 3. The average Bonchev–Trinajstić information content (AvgIpc) is 3.26. The highest BCUT2D eigenvalue weighted by Crippen LogP contribution is 2.35. The van der Waals surface area contributed by atoms with Crippen LogP contribution in [0.25, 0.3) is 17.4 Å². The molecule has 6 nitrogen and oxygen atoms in total. The van der Waals surface area contributed by atoms with Gasteiger partial charge in [-0.15, -0.1) is 0 Å². The van der Waals surface area contributed by atoms with E-state index in [9.17, 15) is 18.0 Å². The largest absolute Gasteiger partial charge is 0.457 e. The minimum atomic E-state index is -4.69. The van der Waals surface area contributed by atoms with Crippen molar-refractivity contribution in [3.63, 3.8) is 0 Å². The molecule has 1 amide bonds. The molecule has 2 aliphatic heterocycles. The summed E-state index contributed by atoms with van der Waals surface area (Å²) in [5.41, 5.74) is 0.395. The van der Waals surface area contributed by atoms with Gasteiger partial charge in [0.1, 0.15) is 11.5 Å². The van der Waals surface area contributed by atoms with E-state index in [1.807, 2.05) is 0 Å². The van der Waals surface area contributed by atoms with E-state index in [0.29, 0.717) is 21.4 Å². The molecule has 1 aromatic heterocycles. The molecule has 0 spiro atoms. The minimum Gasteiger partial charge on any atom is -0.457 e. The lowest BCUT2D eigenvalue weighted by molar-refractivity contribution is -0.114. The molecule has 0 atom stereocenters. The fourth-order valence-corrected chi connectivity index (χ4v) is 3.47. The van der Waals surface area contributed by atoms with Crippen LogP contribution in [0.3, 0.4) is 0 Å². The van der Waals surface area contributed by atoms with Crippen LogP contribution in [0.15, 0.2) is 56.5 Å². The normalized spacial score (nSPS) is 18.4. The summed E-state index contributed by atoms with van der Waals surface area (Å²) in [5.74, 6) is -0.713. The molecule has 0 radical (unpaired) electrons. The lowest BCUT2D eigenvalue weighted by Crippen LogP contribution is -2.35. The quantitative estimate of drug-likeness (QED) is 0.703. The number of hydrogen-bond acceptors (Lipinski definition) is 5. The number of nitrogens with one attached hydrogen (secondary N) is 1. The zero-order chi connectivity index (χ0) is 20.1. The number of rotatable bonds is 2. The molecule has 1 aromatic carbocycles. The van der Waals surface area contributed by atoms with Crippen molar-refractivity contribution in [3.05, 3.63) is 52.8 Å². The van der Waals surface area contributed by atoms with Crippen molar-refractivity contribution in [1.29, 1.82) is 5.41 Å². The van der Waals surface area contributed by atoms with Gasteiger partial charge in [-0.2, -0.15) is 28.3 Å². The van der Waals surface area contributed by atoms with Crippen LogP contribution in [0.4, 0.5) is 13.2 Å². The first-order chi connectivity index (χ1) is 13.2. The predicted octanol–water partition coefficient (Wildman–Crippen LogP) is 4.78. The number of amidine groups is 2. The number of hydrazone groups is 1. The second kappa shape index (κ2) is 6.64. The third kappa shape index (κ3) is 3.25. The van der Waals surface area contributed by atoms with E-state index in [1.54, 1.807) is 36.4 Å². The summed E-state index contributed by atoms with van der Waals surface area (Å²) in [6, 6.07) is 10.2. The number of hydrogen-bond donors (Lipinski definition) is 1. The first-order valence-electron chi connectivity index (χ1n) is 7.66. The van der Waals surface area contributed by atoms with Gasteiger partial charge in [-0.3, -0.25) is 10.2 Å². The molecule has 4 rings (SSSR count). The van der Waals surface area contributed by atoms with Gasteiger partial charge in [0.2, 0.25) is 10.2 Å². The van der Waals surface area contributed by atoms with Crippen molar-refractivity contribution < 1.29 is 22.4 Å². The van der Waals surface area contributed by atoms with Gasteiger partial charge in [-0.25, -0.2) is 0 Å². The lowest BCUT2D eigenvalue weighted by atomic mass is 10.1. The van der Waals surface area contributed by atoms with Gasteiger partial charge in [0.05, 0.1) is 10.6 Å². The summed E-state index contributed by atoms with van der Waals surface area (Å²) >= 11 is 6.31. The van der Waals surface area contributed by atoms with Gasteiger partial charge < -0.3 is 4.42 Å². The molecule has 0 bridgehead atoms. The zero-order valence-electron chi connectivity index (χ0n) is 13.6. The van der Waals surface area contributed by atoms with E-state index < -0.39 is 23.0 Å². The number of carbonyl (C=O) groups is 1. The Hall–Kier alpha value is -2.85. The van der Waals surface area contributed by atoms with E-state index in [2.05, 4.69) is 10.1 Å². The molecule has 1 N–H and O–H groups in total. The fraction of sp³-hybridized carbons (Fsp3) is 0.0588. The van der Waals surface area contributed by atoms with Crippen LogP contribution in [-0.2, 0) is 4.79 Å². The number of carbonyl (C=O) groups excluding carboxylic acids is 1. The van der Waals surface area contributed by atoms with Crippen molar-refractivity contribution in [2.24, 2.45) is 10.1 Å². The van der Waals surface area contributed by atoms with Gasteiger partial charge in [-0.1, -0.05) is 23.7 Å². The monoisotopic (exact) mass is 424 g/mol. The van der Waals surface area contributed by atoms with Gasteiger partial charge in [0, 0.05) is 5.56 Å². The summed E-state index contributed by atoms with van der Waals surface area (Å²) in [7, 11) is 0. The second-order valence-electron chi connectivity index (χ2n) is 5.60. The Morgan fingerprint density at radius 3 is 2.68 bits per heavy atom. The number of amides is 1. The standard InChI is InChI=1S/C17H8ClF3N4O2S/c18-11-4-2-1-3-9(11)12-6-5-8(27-12)7-10-13(22)25-16(23-14(10)26)28-15(24-25)17(19,20)21/h1-7,22H. The van der Waals surface area contributed by atoms with Crippen LogP contribution >= 0.6 is 23.4 Å². The van der Waals surface area contributed by atoms with Crippen LogP contribution < -0.4 is 0 Å². The fourth-order valence-electron chi connectivity index (χ4n) is 2.49. The zero-order valence-corrected chi connectivity index (χ0v) is 15.2. The average molecular weight is 425 g/mol. The molecular formula is C17H8ClF3N4O2S. The summed E-state index contributed by atoms with van der Waals surface area (Å²) < 4.78 is 44.1. The highest BCUT2D eigenvalue weighted by Gasteiger charge is 2.46. The minimum absolute atomic E-state index is 0.194. The molecule has 2 aromatic rings. The van der Waals surface area contributed by atoms with Crippen molar-refractivity contribution in [2.75, 3.05) is 0 Å². The summed E-state index contributed by atoms with van der Waals surface area (Å²) in [6.07, 6.45) is -3.46. The summed E-state index contributed by atoms with van der Waals surface area (Å²) in [4.78, 5) is 15.8. The SMILES string of the molecule is N=C1C(=Cc2ccc(-c3ccccc3Cl)o2)C(=O)N=C2SC(C(F)(F)F)=NN12. The molecule has 0 aliphatic carbocycles. The van der Waals surface area contributed by atoms with Crippen LogP contribution in [0.5, 0.6) is 0 Å². The molecule has 3 heterocycles. The molecule has 2 aliphatic rings. The Morgan fingerprint density at radius 2 is 1.96 bits per heavy atom. The number of benzene rings is 1. The van der Waals surface area contributed by atoms with Crippen molar-refractivity contribution >= 4 is 51.4 Å². The highest BCUT2D eigenvalue weighted by molar-refractivity contribution is 8.27. The van der Waals surface area contributed by atoms with Crippen LogP contribution in [0.1, 0.15) is 5.76 Å². The smallest absolute Gasteiger partial charge is 0.441 e. The first-order valence-corrected chi connectivity index (χ1v) is 8.85. The Balaban J connectivity index is 1.67. The highest BCUT2D eigenvalue weighted by atomic mass is 35.5. The van der Waals surface area contributed by atoms with E-state index >= 15 is 0 Å². The first kappa shape index (κ1) is 18.5. The van der Waals surface area contributed by atoms with Gasteiger partial charge in [0.15, 0.2) is 5.84 Å². The maximum Gasteiger partial charge on any atom is 0.441 e. The summed E-state index contributed by atoms with van der Waals surface area (Å²) in [6.45, 7) is 0. The van der Waals surface area contributed by atoms with Crippen molar-refractivity contribution in [1.82, 2.24) is 5.01 Å². The third-order valence-electron chi connectivity index (χ3n) is 3.75. The molecule has 28 heavy (non-hydrogen) atoms. The van der Waals surface area contributed by atoms with Gasteiger partial charge >= 0.3 is 6.18 Å². The molecular weight excluding hydrogens is 417 g/mol. The van der Waals surface area contributed by atoms with Crippen molar-refractivity contribution in [3.8, 4) is 11.3 Å². The molecule has 11 heteroatoms. The van der Waals surface area contributed by atoms with Crippen LogP contribution in [0.2, 0.25) is 5.02 Å². The molecule has 0 fully saturated rings. The van der Waals surface area contributed by atoms with Crippen LogP contribution in [-0.4, -0.2) is 33.1 Å². The van der Waals surface area contributed by atoms with E-state index in [-0.39, 0.29) is 28.3 Å². The van der Waals surface area contributed by atoms with Gasteiger partial charge in [0.25, 0.3) is 5.91 Å². The number of fused-ring (bicyclic) bond motifs is 1. The van der Waals surface area contributed by atoms with Gasteiger partial charge in [-0.05, 0) is 42.1 Å². The molecule has 0 unspecified atom stereocenters. The molecule has 142 valence electrons. The maximum absolute atomic E-state index is 12.8. The number of aliphatic imine (C=N–C) groups is 1. The topological polar surface area (TPSA) is 82.0 Å². The van der Waals surface area contributed by atoms with E-state index in [1.165, 1.54) is 6.08 Å². The van der Waals surface area contributed by atoms with Crippen molar-refractivity contribution in [2.45, 2.75) is 6.18 Å². The molecule has 0 saturated heterocycles. The predicted molar refractivity (Wildman–Crippen MR) is 100 cm³/mol. The van der Waals surface area contributed by atoms with Crippen LogP contribution in [0, 0.1) is 5.41 Å². The maximum atomic E-state index is 12.8. The number of nitrogens with zero attached hydrogens (tertiary/aromatic N) is 3. The lowest BCUT2D eigenvalue weighted by Gasteiger charge is -2.19. The Bertz CT molecular complexity index is 1100. The number of thioether (sulfide) groups is 1. The Labute approximate surface area is 164 Å². The van der Waals surface area contributed by atoms with E-state index in [0.717, 1.165) is 0 Å². The third-order valence-corrected chi connectivity index (χ3v) is 5.03. The molecule has 0 saturated carbocycles.